The highest BCUT2D eigenvalue weighted by Crippen LogP contribution is 2.35. The van der Waals surface area contributed by atoms with E-state index in [4.69, 9.17) is 15.2 Å². The van der Waals surface area contributed by atoms with Gasteiger partial charge in [-0.1, -0.05) is 0 Å². The number of nitrogens with zero attached hydrogens (tertiary/aromatic N) is 5. The summed E-state index contributed by atoms with van der Waals surface area (Å²) in [6, 6.07) is 4.19. The quantitative estimate of drug-likeness (QED) is 0.323. The Morgan fingerprint density at radius 1 is 1.26 bits per heavy atom. The standard InChI is InChI=1S/C20H23N7O7S/c1-10(28)26-4-5-33-13-3-2-11(6-12(13)26)35(31,32)25-7-14-16(29)17(30)20(34-14)27-9-24-15-18(21)22-8-23-19(15)27/h2-3,6,8-9,14,16-17,20,25,29-30H,4-5,7H2,1H3,(H2,21,22,23)/t14-,16-,17-,20-/m1/s1. The van der Waals surface area contributed by atoms with Gasteiger partial charge in [0, 0.05) is 13.5 Å². The number of benzene rings is 1. The molecule has 4 heterocycles. The number of aromatic nitrogens is 4. The fourth-order valence-electron chi connectivity index (χ4n) is 4.15. The third-order valence-corrected chi connectivity index (χ3v) is 7.38. The number of hydrogen-bond donors (Lipinski definition) is 4. The Morgan fingerprint density at radius 2 is 2.06 bits per heavy atom. The number of ether oxygens (including phenoxy) is 2. The van der Waals surface area contributed by atoms with Gasteiger partial charge in [-0.15, -0.1) is 0 Å². The van der Waals surface area contributed by atoms with Crippen LogP contribution in [0.25, 0.3) is 11.2 Å². The van der Waals surface area contributed by atoms with E-state index in [-0.39, 0.29) is 23.2 Å². The Balaban J connectivity index is 1.33. The molecule has 1 amide bonds. The van der Waals surface area contributed by atoms with Crippen molar-refractivity contribution >= 4 is 38.6 Å². The number of hydrogen-bond acceptors (Lipinski definition) is 11. The minimum Gasteiger partial charge on any atom is -0.490 e. The van der Waals surface area contributed by atoms with Gasteiger partial charge in [-0.05, 0) is 18.2 Å². The predicted octanol–water partition coefficient (Wildman–Crippen LogP) is -1.25. The number of rotatable bonds is 5. The van der Waals surface area contributed by atoms with E-state index in [1.54, 1.807) is 0 Å². The lowest BCUT2D eigenvalue weighted by molar-refractivity contribution is -0.116. The first-order valence-corrected chi connectivity index (χ1v) is 12.1. The average molecular weight is 506 g/mol. The van der Waals surface area contributed by atoms with Crippen molar-refractivity contribution in [2.75, 3.05) is 30.3 Å². The van der Waals surface area contributed by atoms with Gasteiger partial charge in [-0.3, -0.25) is 9.36 Å². The van der Waals surface area contributed by atoms with Crippen molar-refractivity contribution < 1.29 is 32.9 Å². The predicted molar refractivity (Wildman–Crippen MR) is 121 cm³/mol. The maximum atomic E-state index is 13.0. The monoisotopic (exact) mass is 505 g/mol. The molecule has 0 spiro atoms. The van der Waals surface area contributed by atoms with E-state index in [9.17, 15) is 23.4 Å². The molecule has 2 aromatic heterocycles. The molecule has 1 aromatic carbocycles. The zero-order chi connectivity index (χ0) is 24.9. The zero-order valence-electron chi connectivity index (χ0n) is 18.5. The number of sulfonamides is 1. The Labute approximate surface area is 199 Å². The van der Waals surface area contributed by atoms with Gasteiger partial charge in [0.2, 0.25) is 15.9 Å². The number of aliphatic hydroxyl groups is 2. The normalized spacial score (nSPS) is 24.4. The topological polar surface area (TPSA) is 195 Å². The number of aliphatic hydroxyl groups excluding tert-OH is 2. The molecule has 0 bridgehead atoms. The van der Waals surface area contributed by atoms with Crippen LogP contribution >= 0.6 is 0 Å². The molecule has 1 saturated heterocycles. The molecular weight excluding hydrogens is 482 g/mol. The molecule has 1 fully saturated rings. The van der Waals surface area contributed by atoms with Gasteiger partial charge in [-0.25, -0.2) is 28.1 Å². The van der Waals surface area contributed by atoms with Crippen LogP contribution in [0.5, 0.6) is 5.75 Å². The van der Waals surface area contributed by atoms with Crippen molar-refractivity contribution in [3.63, 3.8) is 0 Å². The first-order chi connectivity index (χ1) is 16.7. The number of fused-ring (bicyclic) bond motifs is 2. The Bertz CT molecular complexity index is 1400. The minimum atomic E-state index is -4.06. The van der Waals surface area contributed by atoms with E-state index in [0.717, 1.165) is 0 Å². The molecule has 5 rings (SSSR count). The summed E-state index contributed by atoms with van der Waals surface area (Å²) in [5.74, 6) is 0.311. The number of nitrogens with two attached hydrogens (primary N) is 1. The summed E-state index contributed by atoms with van der Waals surface area (Å²) in [4.78, 5) is 25.3. The largest absolute Gasteiger partial charge is 0.490 e. The van der Waals surface area contributed by atoms with Crippen molar-refractivity contribution in [3.8, 4) is 5.75 Å². The average Bonchev–Trinajstić information content (AvgIpc) is 3.39. The molecule has 14 nitrogen and oxygen atoms in total. The van der Waals surface area contributed by atoms with E-state index in [0.29, 0.717) is 35.8 Å². The van der Waals surface area contributed by atoms with Crippen LogP contribution in [0.4, 0.5) is 11.5 Å². The third kappa shape index (κ3) is 4.06. The van der Waals surface area contributed by atoms with Crippen LogP contribution in [0.3, 0.4) is 0 Å². The second kappa shape index (κ2) is 8.69. The molecule has 0 aliphatic carbocycles. The van der Waals surface area contributed by atoms with E-state index in [1.807, 2.05) is 0 Å². The second-order valence-electron chi connectivity index (χ2n) is 8.13. The van der Waals surface area contributed by atoms with Crippen LogP contribution in [0, 0.1) is 0 Å². The highest BCUT2D eigenvalue weighted by atomic mass is 32.2. The first-order valence-electron chi connectivity index (χ1n) is 10.7. The van der Waals surface area contributed by atoms with Gasteiger partial charge in [0.1, 0.15) is 42.5 Å². The van der Waals surface area contributed by atoms with Crippen molar-refractivity contribution in [2.24, 2.45) is 0 Å². The molecule has 4 atom stereocenters. The Morgan fingerprint density at radius 3 is 2.83 bits per heavy atom. The molecule has 0 saturated carbocycles. The van der Waals surface area contributed by atoms with Gasteiger partial charge in [0.25, 0.3) is 0 Å². The first kappa shape index (κ1) is 23.4. The van der Waals surface area contributed by atoms with Crippen molar-refractivity contribution in [3.05, 3.63) is 30.9 Å². The van der Waals surface area contributed by atoms with Gasteiger partial charge in [-0.2, -0.15) is 0 Å². The van der Waals surface area contributed by atoms with Crippen LogP contribution in [-0.4, -0.2) is 82.1 Å². The van der Waals surface area contributed by atoms with Crippen LogP contribution < -0.4 is 20.1 Å². The van der Waals surface area contributed by atoms with E-state index < -0.39 is 34.6 Å². The smallest absolute Gasteiger partial charge is 0.240 e. The summed E-state index contributed by atoms with van der Waals surface area (Å²) in [5, 5.41) is 21.1. The molecule has 2 aliphatic rings. The van der Waals surface area contributed by atoms with Crippen molar-refractivity contribution in [2.45, 2.75) is 36.4 Å². The molecule has 0 radical (unpaired) electrons. The maximum absolute atomic E-state index is 13.0. The highest BCUT2D eigenvalue weighted by Gasteiger charge is 2.44. The van der Waals surface area contributed by atoms with Crippen LogP contribution in [-0.2, 0) is 19.6 Å². The third-order valence-electron chi connectivity index (χ3n) is 5.96. The number of nitrogens with one attached hydrogen (secondary N) is 1. The van der Waals surface area contributed by atoms with Gasteiger partial charge >= 0.3 is 0 Å². The molecule has 0 unspecified atom stereocenters. The summed E-state index contributed by atoms with van der Waals surface area (Å²) >= 11 is 0. The number of anilines is 2. The lowest BCUT2D eigenvalue weighted by Crippen LogP contribution is -2.40. The minimum absolute atomic E-state index is 0.0923. The molecular formula is C20H23N7O7S. The van der Waals surface area contributed by atoms with Gasteiger partial charge in [0.05, 0.1) is 23.5 Å². The summed E-state index contributed by atoms with van der Waals surface area (Å²) < 4.78 is 41.0. The molecule has 3 aromatic rings. The summed E-state index contributed by atoms with van der Waals surface area (Å²) in [6.07, 6.45) is -2.36. The van der Waals surface area contributed by atoms with E-state index in [1.165, 1.54) is 47.2 Å². The number of nitrogen functional groups attached to an aromatic ring is 1. The van der Waals surface area contributed by atoms with Gasteiger partial charge in [0.15, 0.2) is 17.7 Å². The number of amides is 1. The zero-order valence-corrected chi connectivity index (χ0v) is 19.3. The molecule has 2 aliphatic heterocycles. The molecule has 5 N–H and O–H groups in total. The fraction of sp³-hybridized carbons (Fsp3) is 0.400. The van der Waals surface area contributed by atoms with Crippen molar-refractivity contribution in [1.82, 2.24) is 24.2 Å². The van der Waals surface area contributed by atoms with Crippen molar-refractivity contribution in [1.29, 1.82) is 0 Å². The number of carbonyl (C=O) groups is 1. The number of carbonyl (C=O) groups excluding carboxylic acids is 1. The molecule has 186 valence electrons. The van der Waals surface area contributed by atoms with Crippen LogP contribution in [0.1, 0.15) is 13.2 Å². The van der Waals surface area contributed by atoms with E-state index in [2.05, 4.69) is 19.7 Å². The van der Waals surface area contributed by atoms with Crippen LogP contribution in [0.2, 0.25) is 0 Å². The summed E-state index contributed by atoms with van der Waals surface area (Å²) in [6.45, 7) is 1.67. The van der Waals surface area contributed by atoms with E-state index >= 15 is 0 Å². The Hall–Kier alpha value is -3.37. The maximum Gasteiger partial charge on any atom is 0.240 e. The summed E-state index contributed by atoms with van der Waals surface area (Å²) in [5.41, 5.74) is 6.74. The van der Waals surface area contributed by atoms with Crippen LogP contribution in [0.15, 0.2) is 35.7 Å². The summed E-state index contributed by atoms with van der Waals surface area (Å²) in [7, 11) is -4.06. The second-order valence-corrected chi connectivity index (χ2v) is 9.90. The lowest BCUT2D eigenvalue weighted by atomic mass is 10.1. The SMILES string of the molecule is CC(=O)N1CCOc2ccc(S(=O)(=O)NC[C@H]3O[C@@H](n4cnc5c(N)ncnc54)[C@H](O)[C@@H]3O)cc21. The molecule has 35 heavy (non-hydrogen) atoms. The Kier molecular flexibility index (Phi) is 5.80. The fourth-order valence-corrected chi connectivity index (χ4v) is 5.22. The highest BCUT2D eigenvalue weighted by molar-refractivity contribution is 7.89. The number of imidazole rings is 1. The lowest BCUT2D eigenvalue weighted by Gasteiger charge is -2.29. The molecule has 15 heteroatoms. The van der Waals surface area contributed by atoms with Gasteiger partial charge < -0.3 is 30.3 Å².